The number of ketones is 1. The van der Waals surface area contributed by atoms with Gasteiger partial charge < -0.3 is 21.2 Å². The predicted molar refractivity (Wildman–Crippen MR) is 83.6 cm³/mol. The van der Waals surface area contributed by atoms with Crippen molar-refractivity contribution in [3.8, 4) is 5.75 Å². The Morgan fingerprint density at radius 1 is 1.14 bits per heavy atom. The second-order valence-corrected chi connectivity index (χ2v) is 4.80. The Labute approximate surface area is 121 Å². The summed E-state index contributed by atoms with van der Waals surface area (Å²) >= 11 is 0. The van der Waals surface area contributed by atoms with Gasteiger partial charge in [-0.05, 0) is 30.3 Å². The average Bonchev–Trinajstić information content (AvgIpc) is 2.89. The first kappa shape index (κ1) is 13.1. The van der Waals surface area contributed by atoms with Crippen LogP contribution in [0.15, 0.2) is 42.6 Å². The van der Waals surface area contributed by atoms with Gasteiger partial charge in [0.15, 0.2) is 5.78 Å². The highest BCUT2D eigenvalue weighted by Crippen LogP contribution is 2.30. The first-order chi connectivity index (χ1) is 10.1. The van der Waals surface area contributed by atoms with Crippen LogP contribution in [-0.4, -0.2) is 17.9 Å². The molecule has 0 atom stereocenters. The fourth-order valence-corrected chi connectivity index (χ4v) is 2.46. The van der Waals surface area contributed by atoms with Crippen molar-refractivity contribution in [2.45, 2.75) is 0 Å². The van der Waals surface area contributed by atoms with Crippen LogP contribution < -0.4 is 16.2 Å². The molecule has 0 aliphatic heterocycles. The number of nitrogens with one attached hydrogen (secondary N) is 1. The number of benzene rings is 2. The van der Waals surface area contributed by atoms with Gasteiger partial charge in [0, 0.05) is 28.7 Å². The number of fused-ring (bicyclic) bond motifs is 1. The molecule has 21 heavy (non-hydrogen) atoms. The topological polar surface area (TPSA) is 94.1 Å². The fraction of sp³-hybridized carbons (Fsp3) is 0.0625. The number of carbonyl (C=O) groups is 1. The molecule has 0 aliphatic carbocycles. The van der Waals surface area contributed by atoms with Gasteiger partial charge in [-0.25, -0.2) is 0 Å². The van der Waals surface area contributed by atoms with E-state index in [0.29, 0.717) is 28.3 Å². The molecule has 3 rings (SSSR count). The highest BCUT2D eigenvalue weighted by Gasteiger charge is 2.17. The summed E-state index contributed by atoms with van der Waals surface area (Å²) in [7, 11) is 1.58. The van der Waals surface area contributed by atoms with Crippen molar-refractivity contribution in [1.82, 2.24) is 4.98 Å². The number of aromatic nitrogens is 1. The predicted octanol–water partition coefficient (Wildman–Crippen LogP) is 2.57. The van der Waals surface area contributed by atoms with Crippen LogP contribution in [0.3, 0.4) is 0 Å². The van der Waals surface area contributed by atoms with Crippen LogP contribution in [0.25, 0.3) is 10.9 Å². The number of nitrogen functional groups attached to an aromatic ring is 2. The summed E-state index contributed by atoms with van der Waals surface area (Å²) in [5.41, 5.74) is 14.3. The first-order valence-electron chi connectivity index (χ1n) is 6.45. The molecule has 5 nitrogen and oxygen atoms in total. The van der Waals surface area contributed by atoms with Crippen molar-refractivity contribution in [2.75, 3.05) is 18.6 Å². The minimum absolute atomic E-state index is 0.148. The quantitative estimate of drug-likeness (QED) is 0.508. The van der Waals surface area contributed by atoms with Gasteiger partial charge in [-0.2, -0.15) is 0 Å². The summed E-state index contributed by atoms with van der Waals surface area (Å²) in [6.45, 7) is 0. The van der Waals surface area contributed by atoms with Crippen LogP contribution in [0.1, 0.15) is 15.9 Å². The maximum absolute atomic E-state index is 12.7. The second kappa shape index (κ2) is 4.86. The molecule has 0 saturated carbocycles. The number of ether oxygens (including phenoxy) is 1. The molecule has 0 radical (unpaired) electrons. The Morgan fingerprint density at radius 2 is 1.86 bits per heavy atom. The maximum atomic E-state index is 12.7. The summed E-state index contributed by atoms with van der Waals surface area (Å²) in [6, 6.07) is 10.4. The van der Waals surface area contributed by atoms with Crippen molar-refractivity contribution < 1.29 is 9.53 Å². The van der Waals surface area contributed by atoms with Gasteiger partial charge in [0.05, 0.1) is 18.1 Å². The van der Waals surface area contributed by atoms with Gasteiger partial charge in [0.25, 0.3) is 0 Å². The average molecular weight is 281 g/mol. The lowest BCUT2D eigenvalue weighted by atomic mass is 10.0. The molecule has 0 spiro atoms. The molecule has 3 aromatic rings. The molecule has 5 heteroatoms. The molecule has 106 valence electrons. The maximum Gasteiger partial charge on any atom is 0.195 e. The van der Waals surface area contributed by atoms with E-state index in [0.717, 1.165) is 10.9 Å². The summed E-state index contributed by atoms with van der Waals surface area (Å²) in [4.78, 5) is 15.8. The fourth-order valence-electron chi connectivity index (χ4n) is 2.46. The van der Waals surface area contributed by atoms with Crippen LogP contribution in [0.4, 0.5) is 11.4 Å². The lowest BCUT2D eigenvalue weighted by molar-refractivity contribution is 0.104. The SMILES string of the molecule is COc1cccc2[nH]cc(C(=O)c3cc(N)cc(N)c3)c12. The number of H-pyrrole nitrogens is 1. The zero-order valence-electron chi connectivity index (χ0n) is 11.5. The normalized spacial score (nSPS) is 10.7. The van der Waals surface area contributed by atoms with E-state index in [2.05, 4.69) is 4.98 Å². The summed E-state index contributed by atoms with van der Waals surface area (Å²) < 4.78 is 5.34. The Morgan fingerprint density at radius 3 is 2.52 bits per heavy atom. The minimum atomic E-state index is -0.148. The van der Waals surface area contributed by atoms with Crippen LogP contribution in [-0.2, 0) is 0 Å². The van der Waals surface area contributed by atoms with Crippen LogP contribution in [0.5, 0.6) is 5.75 Å². The number of hydrogen-bond acceptors (Lipinski definition) is 4. The zero-order valence-corrected chi connectivity index (χ0v) is 11.5. The molecule has 0 saturated heterocycles. The van der Waals surface area contributed by atoms with E-state index < -0.39 is 0 Å². The third kappa shape index (κ3) is 2.18. The molecule has 2 aromatic carbocycles. The third-order valence-corrected chi connectivity index (χ3v) is 3.37. The van der Waals surface area contributed by atoms with Crippen molar-refractivity contribution in [1.29, 1.82) is 0 Å². The van der Waals surface area contributed by atoms with E-state index in [1.807, 2.05) is 18.2 Å². The molecule has 1 heterocycles. The van der Waals surface area contributed by atoms with E-state index in [-0.39, 0.29) is 5.78 Å². The number of anilines is 2. The highest BCUT2D eigenvalue weighted by molar-refractivity contribution is 6.18. The highest BCUT2D eigenvalue weighted by atomic mass is 16.5. The first-order valence-corrected chi connectivity index (χ1v) is 6.45. The van der Waals surface area contributed by atoms with Crippen LogP contribution >= 0.6 is 0 Å². The van der Waals surface area contributed by atoms with Gasteiger partial charge in [-0.15, -0.1) is 0 Å². The van der Waals surface area contributed by atoms with E-state index in [1.54, 1.807) is 31.5 Å². The molecule has 0 amide bonds. The summed E-state index contributed by atoms with van der Waals surface area (Å²) in [5.74, 6) is 0.499. The molecule has 5 N–H and O–H groups in total. The van der Waals surface area contributed by atoms with Crippen molar-refractivity contribution in [2.24, 2.45) is 0 Å². The van der Waals surface area contributed by atoms with E-state index in [9.17, 15) is 4.79 Å². The van der Waals surface area contributed by atoms with Gasteiger partial charge in [-0.1, -0.05) is 6.07 Å². The third-order valence-electron chi connectivity index (χ3n) is 3.37. The largest absolute Gasteiger partial charge is 0.496 e. The number of aromatic amines is 1. The number of nitrogens with two attached hydrogens (primary N) is 2. The van der Waals surface area contributed by atoms with Crippen molar-refractivity contribution in [3.05, 3.63) is 53.7 Å². The molecular formula is C16H15N3O2. The Kier molecular flexibility index (Phi) is 3.02. The Bertz CT molecular complexity index is 816. The van der Waals surface area contributed by atoms with Gasteiger partial charge in [-0.3, -0.25) is 4.79 Å². The molecule has 0 bridgehead atoms. The van der Waals surface area contributed by atoms with Crippen molar-refractivity contribution in [3.63, 3.8) is 0 Å². The standard InChI is InChI=1S/C16H15N3O2/c1-21-14-4-2-3-13-15(14)12(8-19-13)16(20)9-5-10(17)7-11(18)6-9/h2-8,19H,17-18H2,1H3. The minimum Gasteiger partial charge on any atom is -0.496 e. The Hall–Kier alpha value is -2.95. The number of methoxy groups -OCH3 is 1. The van der Waals surface area contributed by atoms with E-state index in [1.165, 1.54) is 0 Å². The number of hydrogen-bond donors (Lipinski definition) is 3. The van der Waals surface area contributed by atoms with Crippen LogP contribution in [0.2, 0.25) is 0 Å². The monoisotopic (exact) mass is 281 g/mol. The second-order valence-electron chi connectivity index (χ2n) is 4.80. The molecule has 1 aromatic heterocycles. The molecule has 0 aliphatic rings. The Balaban J connectivity index is 2.18. The van der Waals surface area contributed by atoms with Gasteiger partial charge >= 0.3 is 0 Å². The smallest absolute Gasteiger partial charge is 0.195 e. The van der Waals surface area contributed by atoms with Crippen LogP contribution in [0, 0.1) is 0 Å². The summed E-state index contributed by atoms with van der Waals surface area (Å²) in [5, 5.41) is 0.756. The molecular weight excluding hydrogens is 266 g/mol. The van der Waals surface area contributed by atoms with Gasteiger partial charge in [0.1, 0.15) is 5.75 Å². The molecule has 0 fully saturated rings. The lowest BCUT2D eigenvalue weighted by Crippen LogP contribution is -2.03. The number of rotatable bonds is 3. The van der Waals surface area contributed by atoms with E-state index >= 15 is 0 Å². The number of carbonyl (C=O) groups excluding carboxylic acids is 1. The van der Waals surface area contributed by atoms with E-state index in [4.69, 9.17) is 16.2 Å². The molecule has 0 unspecified atom stereocenters. The lowest BCUT2D eigenvalue weighted by Gasteiger charge is -2.06. The summed E-state index contributed by atoms with van der Waals surface area (Å²) in [6.07, 6.45) is 1.68. The van der Waals surface area contributed by atoms with Gasteiger partial charge in [0.2, 0.25) is 0 Å². The van der Waals surface area contributed by atoms with Crippen molar-refractivity contribution >= 4 is 28.1 Å². The zero-order chi connectivity index (χ0) is 15.0.